The Morgan fingerprint density at radius 2 is 2.07 bits per heavy atom. The molecule has 0 saturated heterocycles. The summed E-state index contributed by atoms with van der Waals surface area (Å²) in [6, 6.07) is 13.2. The van der Waals surface area contributed by atoms with Gasteiger partial charge >= 0.3 is 0 Å². The number of furan rings is 1. The van der Waals surface area contributed by atoms with Crippen LogP contribution >= 0.6 is 11.6 Å². The smallest absolute Gasteiger partial charge is 0.258 e. The molecule has 0 aliphatic rings. The van der Waals surface area contributed by atoms with Crippen LogP contribution in [0.4, 0.5) is 5.82 Å². The van der Waals surface area contributed by atoms with E-state index in [1.807, 2.05) is 6.92 Å². The Hall–Kier alpha value is -3.65. The summed E-state index contributed by atoms with van der Waals surface area (Å²) in [5.74, 6) is 0.571. The van der Waals surface area contributed by atoms with Gasteiger partial charge in [0.1, 0.15) is 11.5 Å². The molecule has 8 nitrogen and oxygen atoms in total. The molecule has 0 aliphatic heterocycles. The van der Waals surface area contributed by atoms with Gasteiger partial charge in [-0.15, -0.1) is 0 Å². The molecule has 1 aromatic carbocycles. The average molecular weight is 410 g/mol. The van der Waals surface area contributed by atoms with Gasteiger partial charge in [0, 0.05) is 17.8 Å². The highest BCUT2D eigenvalue weighted by atomic mass is 35.5. The lowest BCUT2D eigenvalue weighted by Crippen LogP contribution is -2.19. The number of halogens is 1. The Bertz CT molecular complexity index is 1230. The van der Waals surface area contributed by atoms with E-state index >= 15 is 0 Å². The number of anilines is 1. The zero-order chi connectivity index (χ0) is 20.4. The van der Waals surface area contributed by atoms with Crippen LogP contribution in [0.5, 0.6) is 0 Å². The van der Waals surface area contributed by atoms with Crippen molar-refractivity contribution in [2.24, 2.45) is 0 Å². The van der Waals surface area contributed by atoms with Crippen LogP contribution in [-0.2, 0) is 6.42 Å². The van der Waals surface area contributed by atoms with E-state index in [0.717, 1.165) is 0 Å². The normalized spacial score (nSPS) is 10.8. The van der Waals surface area contributed by atoms with Gasteiger partial charge in [-0.3, -0.25) is 14.6 Å². The largest absolute Gasteiger partial charge is 0.463 e. The molecule has 0 aliphatic carbocycles. The molecule has 0 bridgehead atoms. The minimum Gasteiger partial charge on any atom is -0.463 e. The molecular formula is C20H16ClN5O3. The number of aromatic amines is 1. The summed E-state index contributed by atoms with van der Waals surface area (Å²) in [4.78, 5) is 31.8. The number of aromatic nitrogens is 4. The summed E-state index contributed by atoms with van der Waals surface area (Å²) in [6.07, 6.45) is 2.10. The van der Waals surface area contributed by atoms with E-state index in [1.165, 1.54) is 17.0 Å². The van der Waals surface area contributed by atoms with E-state index in [-0.39, 0.29) is 11.5 Å². The van der Waals surface area contributed by atoms with E-state index < -0.39 is 5.91 Å². The summed E-state index contributed by atoms with van der Waals surface area (Å²) >= 11 is 6.13. The molecule has 3 heterocycles. The minimum atomic E-state index is -0.420. The standard InChI is InChI=1S/C20H16ClN5O3/c1-2-12-10-18(27)24-20(22-12)26-17(11-15(25-26)16-8-5-9-29-16)23-19(28)13-6-3-4-7-14(13)21/h3-11H,2H2,1H3,(H,23,28)(H,22,24,27). The maximum absolute atomic E-state index is 12.8. The van der Waals surface area contributed by atoms with Crippen molar-refractivity contribution >= 4 is 23.3 Å². The molecule has 0 unspecified atom stereocenters. The van der Waals surface area contributed by atoms with Crippen LogP contribution in [0.3, 0.4) is 0 Å². The fraction of sp³-hybridized carbons (Fsp3) is 0.100. The molecule has 0 saturated carbocycles. The molecule has 1 amide bonds. The van der Waals surface area contributed by atoms with E-state index in [4.69, 9.17) is 16.0 Å². The third-order valence-electron chi connectivity index (χ3n) is 4.19. The lowest BCUT2D eigenvalue weighted by atomic mass is 10.2. The number of nitrogens with one attached hydrogen (secondary N) is 2. The number of carbonyl (C=O) groups excluding carboxylic acids is 1. The van der Waals surface area contributed by atoms with Crippen molar-refractivity contribution in [2.75, 3.05) is 5.32 Å². The number of rotatable bonds is 5. The van der Waals surface area contributed by atoms with Crippen LogP contribution in [0.1, 0.15) is 23.0 Å². The lowest BCUT2D eigenvalue weighted by Gasteiger charge is -2.09. The van der Waals surface area contributed by atoms with Crippen LogP contribution in [-0.4, -0.2) is 25.7 Å². The SMILES string of the molecule is CCc1cc(=O)[nH]c(-n2nc(-c3ccco3)cc2NC(=O)c2ccccc2Cl)n1. The zero-order valence-electron chi connectivity index (χ0n) is 15.3. The monoisotopic (exact) mass is 409 g/mol. The number of H-pyrrole nitrogens is 1. The highest BCUT2D eigenvalue weighted by Crippen LogP contribution is 2.25. The van der Waals surface area contributed by atoms with Gasteiger partial charge in [-0.25, -0.2) is 4.98 Å². The van der Waals surface area contributed by atoms with Crippen molar-refractivity contribution in [3.63, 3.8) is 0 Å². The molecule has 0 atom stereocenters. The Kier molecular flexibility index (Phi) is 5.01. The Labute approximate surface area is 170 Å². The number of aryl methyl sites for hydroxylation is 1. The van der Waals surface area contributed by atoms with Crippen LogP contribution < -0.4 is 10.9 Å². The summed E-state index contributed by atoms with van der Waals surface area (Å²) < 4.78 is 6.75. The van der Waals surface area contributed by atoms with Crippen molar-refractivity contribution in [3.05, 3.63) is 81.4 Å². The van der Waals surface area contributed by atoms with Crippen molar-refractivity contribution in [2.45, 2.75) is 13.3 Å². The van der Waals surface area contributed by atoms with Crippen molar-refractivity contribution in [1.29, 1.82) is 0 Å². The van der Waals surface area contributed by atoms with E-state index in [9.17, 15) is 9.59 Å². The number of amides is 1. The second-order valence-corrected chi connectivity index (χ2v) is 6.56. The molecule has 3 aromatic heterocycles. The molecule has 4 aromatic rings. The summed E-state index contributed by atoms with van der Waals surface area (Å²) in [5.41, 5.74) is 1.06. The van der Waals surface area contributed by atoms with Gasteiger partial charge in [-0.1, -0.05) is 30.7 Å². The van der Waals surface area contributed by atoms with Crippen molar-refractivity contribution in [1.82, 2.24) is 19.7 Å². The molecule has 0 fully saturated rings. The third-order valence-corrected chi connectivity index (χ3v) is 4.52. The van der Waals surface area contributed by atoms with Crippen LogP contribution in [0, 0.1) is 0 Å². The van der Waals surface area contributed by atoms with Crippen molar-refractivity contribution < 1.29 is 9.21 Å². The Morgan fingerprint density at radius 3 is 2.79 bits per heavy atom. The predicted octanol–water partition coefficient (Wildman–Crippen LogP) is 3.68. The van der Waals surface area contributed by atoms with Gasteiger partial charge in [0.05, 0.1) is 16.8 Å². The van der Waals surface area contributed by atoms with Crippen LogP contribution in [0.25, 0.3) is 17.4 Å². The Balaban J connectivity index is 1.80. The Morgan fingerprint density at radius 1 is 1.24 bits per heavy atom. The molecule has 0 spiro atoms. The highest BCUT2D eigenvalue weighted by Gasteiger charge is 2.18. The van der Waals surface area contributed by atoms with E-state index in [1.54, 1.807) is 42.5 Å². The first kappa shape index (κ1) is 18.7. The van der Waals surface area contributed by atoms with E-state index in [0.29, 0.717) is 40.0 Å². The van der Waals surface area contributed by atoms with Gasteiger partial charge in [0.15, 0.2) is 5.76 Å². The maximum Gasteiger partial charge on any atom is 0.258 e. The van der Waals surface area contributed by atoms with Gasteiger partial charge in [0.2, 0.25) is 5.95 Å². The topological polar surface area (TPSA) is 106 Å². The second-order valence-electron chi connectivity index (χ2n) is 6.15. The molecule has 4 rings (SSSR count). The number of nitrogens with zero attached hydrogens (tertiary/aromatic N) is 3. The van der Waals surface area contributed by atoms with Crippen LogP contribution in [0.2, 0.25) is 5.02 Å². The number of hydrogen-bond donors (Lipinski definition) is 2. The molecule has 29 heavy (non-hydrogen) atoms. The molecular weight excluding hydrogens is 394 g/mol. The number of carbonyl (C=O) groups is 1. The lowest BCUT2D eigenvalue weighted by molar-refractivity contribution is 0.102. The van der Waals surface area contributed by atoms with Crippen molar-refractivity contribution in [3.8, 4) is 17.4 Å². The first-order chi connectivity index (χ1) is 14.0. The summed E-state index contributed by atoms with van der Waals surface area (Å²) in [7, 11) is 0. The molecule has 9 heteroatoms. The van der Waals surface area contributed by atoms with Crippen LogP contribution in [0.15, 0.2) is 64.0 Å². The first-order valence-electron chi connectivity index (χ1n) is 8.85. The van der Waals surface area contributed by atoms with Gasteiger partial charge < -0.3 is 9.73 Å². The van der Waals surface area contributed by atoms with E-state index in [2.05, 4.69) is 20.4 Å². The van der Waals surface area contributed by atoms with Gasteiger partial charge in [0.25, 0.3) is 11.5 Å². The predicted molar refractivity (Wildman–Crippen MR) is 108 cm³/mol. The maximum atomic E-state index is 12.8. The van der Waals surface area contributed by atoms with Gasteiger partial charge in [-0.05, 0) is 30.7 Å². The quantitative estimate of drug-likeness (QED) is 0.523. The average Bonchev–Trinajstić information content (AvgIpc) is 3.37. The fourth-order valence-corrected chi connectivity index (χ4v) is 3.00. The molecule has 0 radical (unpaired) electrons. The fourth-order valence-electron chi connectivity index (χ4n) is 2.78. The highest BCUT2D eigenvalue weighted by molar-refractivity contribution is 6.34. The first-order valence-corrected chi connectivity index (χ1v) is 9.23. The minimum absolute atomic E-state index is 0.182. The molecule has 146 valence electrons. The van der Waals surface area contributed by atoms with Gasteiger partial charge in [-0.2, -0.15) is 9.78 Å². The second kappa shape index (κ2) is 7.76. The molecule has 2 N–H and O–H groups in total. The summed E-state index contributed by atoms with van der Waals surface area (Å²) in [6.45, 7) is 1.89. The number of hydrogen-bond acceptors (Lipinski definition) is 5. The zero-order valence-corrected chi connectivity index (χ0v) is 16.1. The summed E-state index contributed by atoms with van der Waals surface area (Å²) in [5, 5.41) is 7.55. The third kappa shape index (κ3) is 3.83. The number of benzene rings is 1.